The summed E-state index contributed by atoms with van der Waals surface area (Å²) in [5, 5.41) is 2.55. The summed E-state index contributed by atoms with van der Waals surface area (Å²) in [6.07, 6.45) is -4.41. The molecular formula is C10H20F3N3O. The summed E-state index contributed by atoms with van der Waals surface area (Å²) in [6, 6.07) is -1.87. The van der Waals surface area contributed by atoms with Crippen LogP contribution in [0.15, 0.2) is 0 Å². The Morgan fingerprint density at radius 2 is 1.94 bits per heavy atom. The number of likely N-dealkylation sites (N-methyl/N-ethyl adjacent to an activating group) is 1. The van der Waals surface area contributed by atoms with Crippen molar-refractivity contribution in [1.82, 2.24) is 10.2 Å². The number of amides is 1. The smallest absolute Gasteiger partial charge is 0.353 e. The molecule has 4 nitrogen and oxygen atoms in total. The number of alkyl halides is 3. The lowest BCUT2D eigenvalue weighted by Crippen LogP contribution is -2.53. The highest BCUT2D eigenvalue weighted by Crippen LogP contribution is 2.23. The number of hydrogen-bond donors (Lipinski definition) is 2. The summed E-state index contributed by atoms with van der Waals surface area (Å²) in [6.45, 7) is 4.34. The van der Waals surface area contributed by atoms with Gasteiger partial charge in [-0.1, -0.05) is 6.92 Å². The summed E-state index contributed by atoms with van der Waals surface area (Å²) in [5.74, 6) is -0.426. The molecule has 0 heterocycles. The number of nitrogens with two attached hydrogens (primary N) is 1. The van der Waals surface area contributed by atoms with Gasteiger partial charge in [-0.15, -0.1) is 0 Å². The van der Waals surface area contributed by atoms with Crippen molar-refractivity contribution in [2.24, 2.45) is 5.73 Å². The molecule has 1 amide bonds. The second-order valence-corrected chi connectivity index (χ2v) is 4.08. The summed E-state index contributed by atoms with van der Waals surface area (Å²) in [5.41, 5.74) is 5.12. The Labute approximate surface area is 99.3 Å². The summed E-state index contributed by atoms with van der Waals surface area (Å²) < 4.78 is 37.9. The number of carbonyl (C=O) groups excluding carboxylic acids is 1. The molecule has 0 rings (SSSR count). The molecular weight excluding hydrogens is 235 g/mol. The van der Waals surface area contributed by atoms with Crippen LogP contribution in [0.3, 0.4) is 0 Å². The van der Waals surface area contributed by atoms with Crippen LogP contribution in [-0.2, 0) is 4.79 Å². The van der Waals surface area contributed by atoms with Crippen molar-refractivity contribution in [2.45, 2.75) is 39.0 Å². The van der Waals surface area contributed by atoms with Crippen molar-refractivity contribution in [2.75, 3.05) is 19.6 Å². The number of halogens is 3. The minimum absolute atomic E-state index is 0.0941. The topological polar surface area (TPSA) is 58.4 Å². The van der Waals surface area contributed by atoms with Gasteiger partial charge in [0.05, 0.1) is 6.54 Å². The molecule has 0 bridgehead atoms. The molecule has 0 saturated heterocycles. The first-order chi connectivity index (χ1) is 7.72. The molecule has 3 N–H and O–H groups in total. The Morgan fingerprint density at radius 3 is 2.24 bits per heavy atom. The van der Waals surface area contributed by atoms with Gasteiger partial charge in [0.1, 0.15) is 6.04 Å². The molecule has 0 spiro atoms. The zero-order chi connectivity index (χ0) is 13.6. The molecule has 0 aliphatic rings. The fourth-order valence-electron chi connectivity index (χ4n) is 1.48. The van der Waals surface area contributed by atoms with Crippen LogP contribution in [0.5, 0.6) is 0 Å². The van der Waals surface area contributed by atoms with Crippen molar-refractivity contribution in [3.8, 4) is 0 Å². The number of rotatable bonds is 6. The maximum absolute atomic E-state index is 12.6. The van der Waals surface area contributed by atoms with E-state index < -0.39 is 24.7 Å². The first-order valence-corrected chi connectivity index (χ1v) is 5.52. The average molecular weight is 255 g/mol. The molecule has 0 saturated carbocycles. The third kappa shape index (κ3) is 5.88. The van der Waals surface area contributed by atoms with Gasteiger partial charge in [0, 0.05) is 12.6 Å². The Balaban J connectivity index is 4.55. The van der Waals surface area contributed by atoms with Crippen molar-refractivity contribution in [3.63, 3.8) is 0 Å². The van der Waals surface area contributed by atoms with E-state index in [1.807, 2.05) is 0 Å². The van der Waals surface area contributed by atoms with Crippen molar-refractivity contribution < 1.29 is 18.0 Å². The third-order valence-corrected chi connectivity index (χ3v) is 2.24. The molecule has 102 valence electrons. The van der Waals surface area contributed by atoms with E-state index in [4.69, 9.17) is 5.73 Å². The Hall–Kier alpha value is -0.820. The van der Waals surface area contributed by atoms with E-state index in [2.05, 4.69) is 5.32 Å². The van der Waals surface area contributed by atoms with Gasteiger partial charge in [0.25, 0.3) is 0 Å². The van der Waals surface area contributed by atoms with Crippen LogP contribution in [0.2, 0.25) is 0 Å². The van der Waals surface area contributed by atoms with E-state index in [0.29, 0.717) is 0 Å². The van der Waals surface area contributed by atoms with Crippen molar-refractivity contribution in [1.29, 1.82) is 0 Å². The molecule has 0 aliphatic heterocycles. The second kappa shape index (κ2) is 6.80. The van der Waals surface area contributed by atoms with Crippen LogP contribution >= 0.6 is 0 Å². The first kappa shape index (κ1) is 16.2. The summed E-state index contributed by atoms with van der Waals surface area (Å²) in [7, 11) is 0. The van der Waals surface area contributed by atoms with Gasteiger partial charge >= 0.3 is 6.18 Å². The molecule has 17 heavy (non-hydrogen) atoms. The zero-order valence-corrected chi connectivity index (χ0v) is 10.3. The van der Waals surface area contributed by atoms with Crippen LogP contribution in [0.25, 0.3) is 0 Å². The van der Waals surface area contributed by atoms with Gasteiger partial charge in [-0.05, 0) is 20.4 Å². The number of nitrogens with zero attached hydrogens (tertiary/aromatic N) is 1. The van der Waals surface area contributed by atoms with E-state index in [-0.39, 0.29) is 19.1 Å². The van der Waals surface area contributed by atoms with Crippen LogP contribution in [0.4, 0.5) is 13.2 Å². The van der Waals surface area contributed by atoms with E-state index >= 15 is 0 Å². The van der Waals surface area contributed by atoms with E-state index in [9.17, 15) is 18.0 Å². The zero-order valence-electron chi connectivity index (χ0n) is 10.3. The van der Waals surface area contributed by atoms with Crippen LogP contribution in [-0.4, -0.2) is 48.7 Å². The standard InChI is InChI=1S/C10H20F3N3O/c1-4-16(6-9(17)15-7(2)3)8(5-14)10(11,12)13/h7-8H,4-6,14H2,1-3H3,(H,15,17). The quantitative estimate of drug-likeness (QED) is 0.735. The molecule has 7 heteroatoms. The van der Waals surface area contributed by atoms with Gasteiger partial charge in [-0.3, -0.25) is 9.69 Å². The van der Waals surface area contributed by atoms with Crippen LogP contribution in [0, 0.1) is 0 Å². The second-order valence-electron chi connectivity index (χ2n) is 4.08. The first-order valence-electron chi connectivity index (χ1n) is 5.52. The van der Waals surface area contributed by atoms with Gasteiger partial charge in [0.2, 0.25) is 5.91 Å². The molecule has 0 radical (unpaired) electrons. The molecule has 1 atom stereocenters. The molecule has 0 fully saturated rings. The monoisotopic (exact) mass is 255 g/mol. The lowest BCUT2D eigenvalue weighted by molar-refractivity contribution is -0.181. The third-order valence-electron chi connectivity index (χ3n) is 2.24. The lowest BCUT2D eigenvalue weighted by atomic mass is 10.2. The van der Waals surface area contributed by atoms with Gasteiger partial charge in [-0.25, -0.2) is 0 Å². The Kier molecular flexibility index (Phi) is 6.48. The van der Waals surface area contributed by atoms with E-state index in [0.717, 1.165) is 4.90 Å². The summed E-state index contributed by atoms with van der Waals surface area (Å²) >= 11 is 0. The van der Waals surface area contributed by atoms with Gasteiger partial charge < -0.3 is 11.1 Å². The largest absolute Gasteiger partial charge is 0.405 e. The number of carbonyl (C=O) groups is 1. The highest BCUT2D eigenvalue weighted by atomic mass is 19.4. The van der Waals surface area contributed by atoms with Crippen LogP contribution < -0.4 is 11.1 Å². The number of hydrogen-bond acceptors (Lipinski definition) is 3. The Bertz CT molecular complexity index is 243. The fraction of sp³-hybridized carbons (Fsp3) is 0.900. The highest BCUT2D eigenvalue weighted by Gasteiger charge is 2.42. The Morgan fingerprint density at radius 1 is 1.41 bits per heavy atom. The fourth-order valence-corrected chi connectivity index (χ4v) is 1.48. The molecule has 1 unspecified atom stereocenters. The SMILES string of the molecule is CCN(CC(=O)NC(C)C)C(CN)C(F)(F)F. The molecule has 0 aromatic carbocycles. The lowest BCUT2D eigenvalue weighted by Gasteiger charge is -2.30. The van der Waals surface area contributed by atoms with Gasteiger partial charge in [-0.2, -0.15) is 13.2 Å². The van der Waals surface area contributed by atoms with Gasteiger partial charge in [0.15, 0.2) is 0 Å². The maximum atomic E-state index is 12.6. The van der Waals surface area contributed by atoms with Crippen molar-refractivity contribution >= 4 is 5.91 Å². The number of nitrogens with one attached hydrogen (secondary N) is 1. The maximum Gasteiger partial charge on any atom is 0.405 e. The minimum Gasteiger partial charge on any atom is -0.353 e. The molecule has 0 aromatic rings. The molecule has 0 aliphatic carbocycles. The summed E-state index contributed by atoms with van der Waals surface area (Å²) in [4.78, 5) is 12.4. The predicted molar refractivity (Wildman–Crippen MR) is 59.4 cm³/mol. The van der Waals surface area contributed by atoms with E-state index in [1.54, 1.807) is 20.8 Å². The van der Waals surface area contributed by atoms with E-state index in [1.165, 1.54) is 0 Å². The minimum atomic E-state index is -4.41. The van der Waals surface area contributed by atoms with Crippen LogP contribution in [0.1, 0.15) is 20.8 Å². The average Bonchev–Trinajstić information content (AvgIpc) is 2.13. The normalized spacial score (nSPS) is 14.2. The predicted octanol–water partition coefficient (Wildman–Crippen LogP) is 0.722. The van der Waals surface area contributed by atoms with Crippen molar-refractivity contribution in [3.05, 3.63) is 0 Å². The highest BCUT2D eigenvalue weighted by molar-refractivity contribution is 5.78. The molecule has 0 aromatic heterocycles.